The van der Waals surface area contributed by atoms with Crippen molar-refractivity contribution < 1.29 is 38.9 Å². The summed E-state index contributed by atoms with van der Waals surface area (Å²) in [6, 6.07) is 0. The van der Waals surface area contributed by atoms with Crippen molar-refractivity contribution in [1.29, 1.82) is 0 Å². The Morgan fingerprint density at radius 2 is 1.34 bits per heavy atom. The summed E-state index contributed by atoms with van der Waals surface area (Å²) in [6.45, 7) is 5.20. The van der Waals surface area contributed by atoms with Gasteiger partial charge in [0.15, 0.2) is 0 Å². The zero-order valence-corrected chi connectivity index (χ0v) is 31.8. The Morgan fingerprint density at radius 1 is 0.780 bits per heavy atom. The Labute approximate surface area is 304 Å². The molecule has 0 spiro atoms. The third-order valence-electron chi connectivity index (χ3n) is 10.1. The first-order valence-corrected chi connectivity index (χ1v) is 20.3. The molecular formula is C42H72O8. The van der Waals surface area contributed by atoms with Gasteiger partial charge in [-0.1, -0.05) is 141 Å². The number of unbranched alkanes of at least 4 members (excludes halogenated alkanes) is 8. The quantitative estimate of drug-likeness (QED) is 0.0493. The van der Waals surface area contributed by atoms with E-state index in [1.54, 1.807) is 0 Å². The number of carbonyl (C=O) groups excluding carboxylic acids is 3. The largest absolute Gasteiger partial charge is 0.481 e. The van der Waals surface area contributed by atoms with Crippen LogP contribution in [0.5, 0.6) is 0 Å². The number of carboxylic acids is 1. The van der Waals surface area contributed by atoms with Gasteiger partial charge in [0.25, 0.3) is 0 Å². The molecule has 1 aliphatic heterocycles. The van der Waals surface area contributed by atoms with Crippen LogP contribution in [0.2, 0.25) is 0 Å². The molecule has 2 atom stereocenters. The summed E-state index contributed by atoms with van der Waals surface area (Å²) in [4.78, 5) is 45.1. The van der Waals surface area contributed by atoms with Crippen molar-refractivity contribution in [2.24, 2.45) is 23.7 Å². The Balaban J connectivity index is 0.000000423. The Kier molecular flexibility index (Phi) is 28.5. The van der Waals surface area contributed by atoms with Crippen molar-refractivity contribution >= 4 is 23.9 Å². The maximum atomic E-state index is 11.9. The lowest BCUT2D eigenvalue weighted by Gasteiger charge is -2.21. The second-order valence-corrected chi connectivity index (χ2v) is 14.6. The molecule has 0 aromatic carbocycles. The summed E-state index contributed by atoms with van der Waals surface area (Å²) >= 11 is 0. The fourth-order valence-electron chi connectivity index (χ4n) is 6.84. The molecule has 0 aromatic heterocycles. The average Bonchev–Trinajstić information content (AvgIpc) is 3.44. The maximum absolute atomic E-state index is 11.9. The Hall–Kier alpha value is -2.48. The number of cyclic esters (lactones) is 2. The molecule has 3 fully saturated rings. The van der Waals surface area contributed by atoms with Gasteiger partial charge in [0.2, 0.25) is 0 Å². The molecule has 8 heteroatoms. The number of aliphatic hydroxyl groups is 1. The van der Waals surface area contributed by atoms with Crippen molar-refractivity contribution in [3.05, 3.63) is 24.3 Å². The molecule has 50 heavy (non-hydrogen) atoms. The number of aliphatic hydroxyl groups excluding tert-OH is 1. The minimum absolute atomic E-state index is 0.0276. The molecule has 2 saturated carbocycles. The van der Waals surface area contributed by atoms with Gasteiger partial charge in [-0.2, -0.15) is 0 Å². The Bertz CT molecular complexity index is 943. The molecule has 0 aromatic rings. The van der Waals surface area contributed by atoms with Crippen LogP contribution in [0.1, 0.15) is 181 Å². The molecule has 3 rings (SSSR count). The van der Waals surface area contributed by atoms with Crippen LogP contribution in [0.3, 0.4) is 0 Å². The first-order chi connectivity index (χ1) is 24.3. The molecule has 0 amide bonds. The number of hydrogen-bond acceptors (Lipinski definition) is 7. The zero-order valence-electron chi connectivity index (χ0n) is 31.8. The van der Waals surface area contributed by atoms with E-state index in [9.17, 15) is 24.3 Å². The third kappa shape index (κ3) is 24.6. The molecule has 0 bridgehead atoms. The molecule has 1 saturated heterocycles. The van der Waals surface area contributed by atoms with Gasteiger partial charge in [0, 0.05) is 6.61 Å². The van der Waals surface area contributed by atoms with Gasteiger partial charge in [0.1, 0.15) is 0 Å². The predicted octanol–water partition coefficient (Wildman–Crippen LogP) is 10.4. The average molecular weight is 705 g/mol. The van der Waals surface area contributed by atoms with Gasteiger partial charge < -0.3 is 19.7 Å². The molecule has 2 aliphatic carbocycles. The summed E-state index contributed by atoms with van der Waals surface area (Å²) in [5, 5.41) is 17.9. The van der Waals surface area contributed by atoms with Gasteiger partial charge in [0.05, 0.1) is 31.3 Å². The molecule has 8 nitrogen and oxygen atoms in total. The van der Waals surface area contributed by atoms with E-state index in [2.05, 4.69) is 24.7 Å². The fourth-order valence-corrected chi connectivity index (χ4v) is 6.84. The van der Waals surface area contributed by atoms with Crippen LogP contribution >= 0.6 is 0 Å². The number of aliphatic carboxylic acids is 1. The predicted molar refractivity (Wildman–Crippen MR) is 200 cm³/mol. The van der Waals surface area contributed by atoms with Crippen LogP contribution in [-0.4, -0.2) is 47.3 Å². The van der Waals surface area contributed by atoms with Gasteiger partial charge in [-0.05, 0) is 63.2 Å². The van der Waals surface area contributed by atoms with Crippen LogP contribution in [0.4, 0.5) is 0 Å². The highest BCUT2D eigenvalue weighted by Gasteiger charge is 2.32. The van der Waals surface area contributed by atoms with E-state index in [1.165, 1.54) is 109 Å². The minimum Gasteiger partial charge on any atom is -0.481 e. The van der Waals surface area contributed by atoms with Crippen molar-refractivity contribution in [1.82, 2.24) is 0 Å². The lowest BCUT2D eigenvalue weighted by molar-refractivity contribution is -0.153. The highest BCUT2D eigenvalue weighted by Crippen LogP contribution is 2.27. The molecule has 288 valence electrons. The van der Waals surface area contributed by atoms with Crippen molar-refractivity contribution in [3.63, 3.8) is 0 Å². The van der Waals surface area contributed by atoms with E-state index in [0.717, 1.165) is 38.0 Å². The third-order valence-corrected chi connectivity index (χ3v) is 10.1. The second-order valence-electron chi connectivity index (χ2n) is 14.6. The van der Waals surface area contributed by atoms with E-state index >= 15 is 0 Å². The number of carboxylic acid groups (broad SMARTS) is 1. The molecule has 1 heterocycles. The summed E-state index contributed by atoms with van der Waals surface area (Å²) in [6.07, 6.45) is 36.4. The monoisotopic (exact) mass is 705 g/mol. The number of allylic oxidation sites excluding steroid dienone is 4. The fraction of sp³-hybridized carbons (Fsp3) is 0.810. The van der Waals surface area contributed by atoms with Crippen LogP contribution in [0.15, 0.2) is 24.3 Å². The topological polar surface area (TPSA) is 127 Å². The molecular weight excluding hydrogens is 632 g/mol. The van der Waals surface area contributed by atoms with Gasteiger partial charge in [-0.15, -0.1) is 0 Å². The SMILES string of the molecule is CCCCCC/C=C/CC(CC(=O)OCCC1CCCCC1)C(=O)O.CCCCCC/C=C/CC1CC(=O)OC1=O.OCCC1CCCCC1. The number of rotatable bonds is 22. The maximum Gasteiger partial charge on any atom is 0.317 e. The van der Waals surface area contributed by atoms with Crippen molar-refractivity contribution in [2.45, 2.75) is 181 Å². The van der Waals surface area contributed by atoms with Crippen LogP contribution in [0.25, 0.3) is 0 Å². The number of ether oxygens (including phenoxy) is 2. The lowest BCUT2D eigenvalue weighted by atomic mass is 9.87. The highest BCUT2D eigenvalue weighted by atomic mass is 16.6. The second kappa shape index (κ2) is 31.3. The first kappa shape index (κ1) is 45.5. The summed E-state index contributed by atoms with van der Waals surface area (Å²) in [5.41, 5.74) is 0. The highest BCUT2D eigenvalue weighted by molar-refractivity contribution is 5.94. The van der Waals surface area contributed by atoms with E-state index in [-0.39, 0.29) is 36.7 Å². The smallest absolute Gasteiger partial charge is 0.317 e. The number of carbonyl (C=O) groups is 4. The molecule has 3 aliphatic rings. The summed E-state index contributed by atoms with van der Waals surface area (Å²) in [7, 11) is 0. The van der Waals surface area contributed by atoms with Gasteiger partial charge in [-0.3, -0.25) is 19.2 Å². The molecule has 2 unspecified atom stereocenters. The standard InChI is InChI=1S/C21H36O4.C13H20O3.C8H16O/c1-2-3-4-5-6-7-11-14-19(21(23)24)17-20(22)25-16-15-18-12-9-8-10-13-18;1-2-3-4-5-6-7-8-9-11-10-12(14)16-13(11)15;9-7-6-8-4-2-1-3-5-8/h7,11,18-19H,2-6,8-10,12-17H2,1H3,(H,23,24);7-8,11H,2-6,9-10H2,1H3;8-9H,1-7H2/b11-7+;8-7+;. The summed E-state index contributed by atoms with van der Waals surface area (Å²) in [5.74, 6) is -1.42. The normalized spacial score (nSPS) is 19.1. The molecule has 2 N–H and O–H groups in total. The van der Waals surface area contributed by atoms with Crippen molar-refractivity contribution in [2.75, 3.05) is 13.2 Å². The van der Waals surface area contributed by atoms with Gasteiger partial charge >= 0.3 is 23.9 Å². The summed E-state index contributed by atoms with van der Waals surface area (Å²) < 4.78 is 9.74. The van der Waals surface area contributed by atoms with Crippen LogP contribution < -0.4 is 0 Å². The zero-order chi connectivity index (χ0) is 36.7. The molecule has 0 radical (unpaired) electrons. The van der Waals surface area contributed by atoms with E-state index in [0.29, 0.717) is 32.0 Å². The lowest BCUT2D eigenvalue weighted by Crippen LogP contribution is -2.20. The number of hydrogen-bond donors (Lipinski definition) is 2. The minimum atomic E-state index is -0.917. The van der Waals surface area contributed by atoms with E-state index in [1.807, 2.05) is 18.2 Å². The number of esters is 3. The van der Waals surface area contributed by atoms with Crippen LogP contribution in [0, 0.1) is 23.7 Å². The van der Waals surface area contributed by atoms with Crippen LogP contribution in [-0.2, 0) is 28.7 Å². The van der Waals surface area contributed by atoms with E-state index < -0.39 is 11.9 Å². The van der Waals surface area contributed by atoms with Gasteiger partial charge in [-0.25, -0.2) is 0 Å². The first-order valence-electron chi connectivity index (χ1n) is 20.3. The Morgan fingerprint density at radius 3 is 1.84 bits per heavy atom. The van der Waals surface area contributed by atoms with E-state index in [4.69, 9.17) is 9.84 Å². The van der Waals surface area contributed by atoms with Crippen molar-refractivity contribution in [3.8, 4) is 0 Å².